The standard InChI is InChI=1S/C12H9ClN2O3/c1-7-11(15-5-4-14-7)18-10-3-2-8(12(16)17)6-9(10)13/h2-6H,1H3,(H,16,17). The van der Waals surface area contributed by atoms with Crippen LogP contribution in [-0.4, -0.2) is 21.0 Å². The number of ether oxygens (including phenoxy) is 1. The molecule has 0 radical (unpaired) electrons. The molecular formula is C12H9ClN2O3. The number of halogens is 1. The lowest BCUT2D eigenvalue weighted by molar-refractivity contribution is 0.0697. The van der Waals surface area contributed by atoms with Crippen LogP contribution in [0.25, 0.3) is 0 Å². The van der Waals surface area contributed by atoms with Crippen LogP contribution < -0.4 is 4.74 Å². The second-order valence-corrected chi connectivity index (χ2v) is 3.91. The van der Waals surface area contributed by atoms with E-state index in [9.17, 15) is 4.79 Å². The van der Waals surface area contributed by atoms with Crippen molar-refractivity contribution in [1.82, 2.24) is 9.97 Å². The minimum Gasteiger partial charge on any atom is -0.478 e. The molecule has 5 nitrogen and oxygen atoms in total. The summed E-state index contributed by atoms with van der Waals surface area (Å²) in [5.74, 6) is -0.369. The number of nitrogens with zero attached hydrogens (tertiary/aromatic N) is 2. The highest BCUT2D eigenvalue weighted by Gasteiger charge is 2.10. The molecule has 0 saturated carbocycles. The van der Waals surface area contributed by atoms with Crippen molar-refractivity contribution in [2.45, 2.75) is 6.92 Å². The first-order valence-corrected chi connectivity index (χ1v) is 5.44. The normalized spacial score (nSPS) is 10.1. The summed E-state index contributed by atoms with van der Waals surface area (Å²) in [6, 6.07) is 4.22. The molecule has 0 saturated heterocycles. The topological polar surface area (TPSA) is 72.3 Å². The van der Waals surface area contributed by atoms with Crippen LogP contribution in [0, 0.1) is 6.92 Å². The van der Waals surface area contributed by atoms with E-state index < -0.39 is 5.97 Å². The van der Waals surface area contributed by atoms with Crippen LogP contribution in [0.1, 0.15) is 16.1 Å². The molecule has 0 aliphatic carbocycles. The van der Waals surface area contributed by atoms with E-state index in [-0.39, 0.29) is 10.6 Å². The summed E-state index contributed by atoms with van der Waals surface area (Å²) in [6.07, 6.45) is 3.05. The predicted molar refractivity (Wildman–Crippen MR) is 65.3 cm³/mol. The molecule has 1 heterocycles. The molecule has 6 heteroatoms. The monoisotopic (exact) mass is 264 g/mol. The highest BCUT2D eigenvalue weighted by atomic mass is 35.5. The average Bonchev–Trinajstić information content (AvgIpc) is 2.34. The Kier molecular flexibility index (Phi) is 3.43. The molecule has 1 N–H and O–H groups in total. The van der Waals surface area contributed by atoms with Crippen LogP contribution in [0.3, 0.4) is 0 Å². The van der Waals surface area contributed by atoms with E-state index in [1.54, 1.807) is 13.1 Å². The molecule has 0 atom stereocenters. The molecule has 0 fully saturated rings. The molecule has 0 amide bonds. The van der Waals surface area contributed by atoms with Gasteiger partial charge in [0.15, 0.2) is 0 Å². The fourth-order valence-corrected chi connectivity index (χ4v) is 1.53. The third-order valence-corrected chi connectivity index (χ3v) is 2.52. The summed E-state index contributed by atoms with van der Waals surface area (Å²) in [7, 11) is 0. The molecule has 18 heavy (non-hydrogen) atoms. The van der Waals surface area contributed by atoms with Gasteiger partial charge in [0, 0.05) is 12.4 Å². The first-order valence-electron chi connectivity index (χ1n) is 5.06. The smallest absolute Gasteiger partial charge is 0.335 e. The Morgan fingerprint density at radius 3 is 2.67 bits per heavy atom. The number of aromatic nitrogens is 2. The maximum atomic E-state index is 10.8. The van der Waals surface area contributed by atoms with E-state index in [2.05, 4.69) is 9.97 Å². The minimum absolute atomic E-state index is 0.100. The molecule has 2 rings (SSSR count). The van der Waals surface area contributed by atoms with Gasteiger partial charge in [-0.2, -0.15) is 0 Å². The lowest BCUT2D eigenvalue weighted by Crippen LogP contribution is -1.97. The average molecular weight is 265 g/mol. The number of rotatable bonds is 3. The van der Waals surface area contributed by atoms with Gasteiger partial charge in [0.25, 0.3) is 0 Å². The molecule has 0 spiro atoms. The Morgan fingerprint density at radius 2 is 2.06 bits per heavy atom. The van der Waals surface area contributed by atoms with Crippen molar-refractivity contribution in [2.75, 3.05) is 0 Å². The molecule has 0 unspecified atom stereocenters. The zero-order valence-corrected chi connectivity index (χ0v) is 10.2. The predicted octanol–water partition coefficient (Wildman–Crippen LogP) is 2.93. The van der Waals surface area contributed by atoms with Crippen molar-refractivity contribution >= 4 is 17.6 Å². The van der Waals surface area contributed by atoms with Gasteiger partial charge < -0.3 is 9.84 Å². The van der Waals surface area contributed by atoms with Gasteiger partial charge in [-0.05, 0) is 25.1 Å². The minimum atomic E-state index is -1.04. The molecule has 1 aromatic heterocycles. The van der Waals surface area contributed by atoms with Crippen LogP contribution in [-0.2, 0) is 0 Å². The maximum absolute atomic E-state index is 10.8. The Hall–Kier alpha value is -2.14. The SMILES string of the molecule is Cc1nccnc1Oc1ccc(C(=O)O)cc1Cl. The Bertz CT molecular complexity index is 602. The highest BCUT2D eigenvalue weighted by molar-refractivity contribution is 6.32. The van der Waals surface area contributed by atoms with Gasteiger partial charge in [0.2, 0.25) is 5.88 Å². The fourth-order valence-electron chi connectivity index (χ4n) is 1.32. The Labute approximate surface area is 108 Å². The van der Waals surface area contributed by atoms with Gasteiger partial charge in [0.1, 0.15) is 5.75 Å². The molecule has 0 aliphatic rings. The number of carboxylic acids is 1. The summed E-state index contributed by atoms with van der Waals surface area (Å²) < 4.78 is 5.48. The summed E-state index contributed by atoms with van der Waals surface area (Å²) in [5.41, 5.74) is 0.721. The third-order valence-electron chi connectivity index (χ3n) is 2.22. The van der Waals surface area contributed by atoms with E-state index in [1.807, 2.05) is 0 Å². The van der Waals surface area contributed by atoms with Crippen LogP contribution in [0.2, 0.25) is 5.02 Å². The highest BCUT2D eigenvalue weighted by Crippen LogP contribution is 2.29. The van der Waals surface area contributed by atoms with Crippen molar-refractivity contribution in [1.29, 1.82) is 0 Å². The van der Waals surface area contributed by atoms with Crippen molar-refractivity contribution in [3.63, 3.8) is 0 Å². The van der Waals surface area contributed by atoms with E-state index >= 15 is 0 Å². The number of aromatic carboxylic acids is 1. The van der Waals surface area contributed by atoms with Gasteiger partial charge in [-0.3, -0.25) is 4.98 Å². The van der Waals surface area contributed by atoms with Crippen LogP contribution in [0.4, 0.5) is 0 Å². The van der Waals surface area contributed by atoms with Crippen molar-refractivity contribution in [3.8, 4) is 11.6 Å². The largest absolute Gasteiger partial charge is 0.478 e. The quantitative estimate of drug-likeness (QED) is 0.923. The fraction of sp³-hybridized carbons (Fsp3) is 0.0833. The van der Waals surface area contributed by atoms with Gasteiger partial charge in [0.05, 0.1) is 16.3 Å². The number of hydrogen-bond acceptors (Lipinski definition) is 4. The summed E-state index contributed by atoms with van der Waals surface area (Å²) in [4.78, 5) is 18.8. The maximum Gasteiger partial charge on any atom is 0.335 e. The van der Waals surface area contributed by atoms with Gasteiger partial charge in [-0.15, -0.1) is 0 Å². The molecular weight excluding hydrogens is 256 g/mol. The van der Waals surface area contributed by atoms with Crippen LogP contribution in [0.5, 0.6) is 11.6 Å². The Balaban J connectivity index is 2.30. The number of aryl methyl sites for hydroxylation is 1. The van der Waals surface area contributed by atoms with E-state index in [0.29, 0.717) is 17.3 Å². The van der Waals surface area contributed by atoms with E-state index in [0.717, 1.165) is 0 Å². The first-order chi connectivity index (χ1) is 8.58. The summed E-state index contributed by atoms with van der Waals surface area (Å²) in [6.45, 7) is 1.75. The zero-order chi connectivity index (χ0) is 13.1. The lowest BCUT2D eigenvalue weighted by Gasteiger charge is -2.08. The van der Waals surface area contributed by atoms with Crippen LogP contribution >= 0.6 is 11.6 Å². The summed E-state index contributed by atoms with van der Waals surface area (Å²) >= 11 is 5.94. The molecule has 1 aromatic carbocycles. The van der Waals surface area contributed by atoms with E-state index in [1.165, 1.54) is 24.4 Å². The third kappa shape index (κ3) is 2.57. The second-order valence-electron chi connectivity index (χ2n) is 3.50. The zero-order valence-electron chi connectivity index (χ0n) is 9.42. The Morgan fingerprint density at radius 1 is 1.33 bits per heavy atom. The second kappa shape index (κ2) is 5.01. The van der Waals surface area contributed by atoms with Gasteiger partial charge in [-0.25, -0.2) is 9.78 Å². The molecule has 0 bridgehead atoms. The number of hydrogen-bond donors (Lipinski definition) is 1. The molecule has 0 aliphatic heterocycles. The number of carbonyl (C=O) groups is 1. The van der Waals surface area contributed by atoms with Crippen molar-refractivity contribution in [2.24, 2.45) is 0 Å². The number of carboxylic acid groups (broad SMARTS) is 1. The number of benzene rings is 1. The lowest BCUT2D eigenvalue weighted by atomic mass is 10.2. The van der Waals surface area contributed by atoms with Crippen molar-refractivity contribution in [3.05, 3.63) is 46.9 Å². The van der Waals surface area contributed by atoms with E-state index in [4.69, 9.17) is 21.4 Å². The summed E-state index contributed by atoms with van der Waals surface area (Å²) in [5, 5.41) is 9.02. The van der Waals surface area contributed by atoms with Gasteiger partial charge in [-0.1, -0.05) is 11.6 Å². The van der Waals surface area contributed by atoms with Crippen molar-refractivity contribution < 1.29 is 14.6 Å². The molecule has 2 aromatic rings. The van der Waals surface area contributed by atoms with Crippen LogP contribution in [0.15, 0.2) is 30.6 Å². The van der Waals surface area contributed by atoms with Gasteiger partial charge >= 0.3 is 5.97 Å². The molecule has 92 valence electrons. The first kappa shape index (κ1) is 12.3.